The molecule has 0 radical (unpaired) electrons. The monoisotopic (exact) mass is 160 g/mol. The number of carbonyl (C=O) groups excluding carboxylic acids is 1. The molecule has 1 aliphatic heterocycles. The van der Waals surface area contributed by atoms with E-state index in [9.17, 15) is 4.79 Å². The number of Topliss-reactive ketones (excluding diaryl/α,β-unsaturated/α-hetero) is 1. The van der Waals surface area contributed by atoms with Crippen LogP contribution in [0.3, 0.4) is 0 Å². The van der Waals surface area contributed by atoms with Gasteiger partial charge >= 0.3 is 0 Å². The standard InChI is InChI=1S/C7H12O2S/c1-5(2)7-6(8)3-4-9-10-7/h5,7H,3-4H2,1-2H3. The Labute approximate surface area is 65.5 Å². The van der Waals surface area contributed by atoms with E-state index < -0.39 is 0 Å². The Bertz CT molecular complexity index is 134. The maximum atomic E-state index is 11.1. The van der Waals surface area contributed by atoms with Gasteiger partial charge in [0.05, 0.1) is 11.9 Å². The molecule has 1 unspecified atom stereocenters. The van der Waals surface area contributed by atoms with Crippen molar-refractivity contribution in [3.63, 3.8) is 0 Å². The molecule has 58 valence electrons. The Morgan fingerprint density at radius 1 is 1.70 bits per heavy atom. The molecule has 1 heterocycles. The normalized spacial score (nSPS) is 27.5. The van der Waals surface area contributed by atoms with Gasteiger partial charge in [0.2, 0.25) is 0 Å². The lowest BCUT2D eigenvalue weighted by molar-refractivity contribution is -0.120. The summed E-state index contributed by atoms with van der Waals surface area (Å²) < 4.78 is 5.11. The summed E-state index contributed by atoms with van der Waals surface area (Å²) in [5.41, 5.74) is 0. The van der Waals surface area contributed by atoms with Crippen molar-refractivity contribution in [2.45, 2.75) is 25.5 Å². The van der Waals surface area contributed by atoms with Gasteiger partial charge in [-0.2, -0.15) is 0 Å². The van der Waals surface area contributed by atoms with Crippen molar-refractivity contribution < 1.29 is 8.98 Å². The number of carbonyl (C=O) groups is 1. The molecular weight excluding hydrogens is 148 g/mol. The molecule has 3 heteroatoms. The Hall–Kier alpha value is -0.0200. The minimum Gasteiger partial charge on any atom is -0.314 e. The van der Waals surface area contributed by atoms with E-state index >= 15 is 0 Å². The van der Waals surface area contributed by atoms with Crippen LogP contribution in [0.15, 0.2) is 0 Å². The Morgan fingerprint density at radius 2 is 2.40 bits per heavy atom. The molecule has 0 aromatic heterocycles. The minimum atomic E-state index is 0.0775. The van der Waals surface area contributed by atoms with E-state index in [-0.39, 0.29) is 5.25 Å². The fourth-order valence-electron chi connectivity index (χ4n) is 0.942. The van der Waals surface area contributed by atoms with Gasteiger partial charge in [0.25, 0.3) is 0 Å². The summed E-state index contributed by atoms with van der Waals surface area (Å²) in [5, 5.41) is 0.0775. The summed E-state index contributed by atoms with van der Waals surface area (Å²) in [5.74, 6) is 0.740. The van der Waals surface area contributed by atoms with Crippen molar-refractivity contribution in [3.05, 3.63) is 0 Å². The van der Waals surface area contributed by atoms with Crippen LogP contribution in [0.4, 0.5) is 0 Å². The quantitative estimate of drug-likeness (QED) is 0.545. The summed E-state index contributed by atoms with van der Waals surface area (Å²) in [4.78, 5) is 11.1. The van der Waals surface area contributed by atoms with Gasteiger partial charge in [-0.05, 0) is 5.92 Å². The molecule has 0 N–H and O–H groups in total. The van der Waals surface area contributed by atoms with E-state index in [0.717, 1.165) is 0 Å². The van der Waals surface area contributed by atoms with E-state index in [4.69, 9.17) is 4.18 Å². The predicted molar refractivity (Wildman–Crippen MR) is 41.8 cm³/mol. The topological polar surface area (TPSA) is 26.3 Å². The molecule has 2 nitrogen and oxygen atoms in total. The zero-order valence-corrected chi connectivity index (χ0v) is 7.11. The first-order valence-corrected chi connectivity index (χ1v) is 4.33. The van der Waals surface area contributed by atoms with E-state index in [2.05, 4.69) is 0 Å². The van der Waals surface area contributed by atoms with E-state index in [1.165, 1.54) is 12.0 Å². The first kappa shape index (κ1) is 8.08. The van der Waals surface area contributed by atoms with Crippen LogP contribution in [-0.4, -0.2) is 17.6 Å². The Balaban J connectivity index is 2.48. The van der Waals surface area contributed by atoms with Crippen LogP contribution < -0.4 is 0 Å². The van der Waals surface area contributed by atoms with Crippen molar-refractivity contribution in [2.75, 3.05) is 6.61 Å². The average molecular weight is 160 g/mol. The van der Waals surface area contributed by atoms with E-state index in [1.54, 1.807) is 0 Å². The maximum absolute atomic E-state index is 11.1. The van der Waals surface area contributed by atoms with Gasteiger partial charge in [0, 0.05) is 18.5 Å². The molecule has 0 bridgehead atoms. The Morgan fingerprint density at radius 3 is 2.80 bits per heavy atom. The van der Waals surface area contributed by atoms with Crippen LogP contribution in [0.5, 0.6) is 0 Å². The summed E-state index contributed by atoms with van der Waals surface area (Å²) in [6.45, 7) is 4.68. The molecule has 1 rings (SSSR count). The van der Waals surface area contributed by atoms with E-state index in [0.29, 0.717) is 24.7 Å². The lowest BCUT2D eigenvalue weighted by atomic mass is 10.0. The molecule has 0 aliphatic carbocycles. The number of hydrogen-bond donors (Lipinski definition) is 0. The van der Waals surface area contributed by atoms with Gasteiger partial charge in [-0.1, -0.05) is 13.8 Å². The molecule has 1 saturated heterocycles. The third-order valence-corrected chi connectivity index (χ3v) is 2.84. The lowest BCUT2D eigenvalue weighted by Crippen LogP contribution is -2.28. The van der Waals surface area contributed by atoms with E-state index in [1.807, 2.05) is 13.8 Å². The number of ketones is 1. The van der Waals surface area contributed by atoms with Crippen LogP contribution >= 0.6 is 12.0 Å². The molecule has 0 aromatic carbocycles. The second-order valence-electron chi connectivity index (χ2n) is 2.80. The van der Waals surface area contributed by atoms with Crippen LogP contribution in [0.25, 0.3) is 0 Å². The molecule has 0 amide bonds. The Kier molecular flexibility index (Phi) is 2.74. The van der Waals surface area contributed by atoms with Crippen LogP contribution in [0.1, 0.15) is 20.3 Å². The molecule has 10 heavy (non-hydrogen) atoms. The van der Waals surface area contributed by atoms with Gasteiger partial charge in [0.15, 0.2) is 5.78 Å². The van der Waals surface area contributed by atoms with Gasteiger partial charge < -0.3 is 4.18 Å². The van der Waals surface area contributed by atoms with Crippen molar-refractivity contribution in [3.8, 4) is 0 Å². The average Bonchev–Trinajstić information content (AvgIpc) is 1.88. The van der Waals surface area contributed by atoms with Crippen LogP contribution in [0, 0.1) is 5.92 Å². The zero-order valence-electron chi connectivity index (χ0n) is 6.29. The number of hydrogen-bond acceptors (Lipinski definition) is 3. The highest BCUT2D eigenvalue weighted by Gasteiger charge is 2.26. The highest BCUT2D eigenvalue weighted by atomic mass is 32.2. The smallest absolute Gasteiger partial charge is 0.150 e. The van der Waals surface area contributed by atoms with Crippen molar-refractivity contribution >= 4 is 17.8 Å². The van der Waals surface area contributed by atoms with Gasteiger partial charge in [-0.25, -0.2) is 0 Å². The molecule has 0 spiro atoms. The summed E-state index contributed by atoms with van der Waals surface area (Å²) in [7, 11) is 0. The van der Waals surface area contributed by atoms with Crippen LogP contribution in [-0.2, 0) is 8.98 Å². The van der Waals surface area contributed by atoms with Crippen LogP contribution in [0.2, 0.25) is 0 Å². The molecule has 1 aliphatic rings. The summed E-state index contributed by atoms with van der Waals surface area (Å²) in [6, 6.07) is 0. The molecular formula is C7H12O2S. The largest absolute Gasteiger partial charge is 0.314 e. The zero-order chi connectivity index (χ0) is 7.56. The minimum absolute atomic E-state index is 0.0775. The summed E-state index contributed by atoms with van der Waals surface area (Å²) >= 11 is 1.33. The third kappa shape index (κ3) is 1.73. The fraction of sp³-hybridized carbons (Fsp3) is 0.857. The van der Waals surface area contributed by atoms with Crippen molar-refractivity contribution in [1.82, 2.24) is 0 Å². The number of rotatable bonds is 1. The molecule has 1 atom stereocenters. The lowest BCUT2D eigenvalue weighted by Gasteiger charge is -2.22. The van der Waals surface area contributed by atoms with Gasteiger partial charge in [-0.3, -0.25) is 4.79 Å². The highest BCUT2D eigenvalue weighted by Crippen LogP contribution is 2.26. The SMILES string of the molecule is CC(C)C1SOCCC1=O. The second-order valence-corrected chi connectivity index (χ2v) is 3.74. The first-order chi connectivity index (χ1) is 4.72. The van der Waals surface area contributed by atoms with Crippen molar-refractivity contribution in [1.29, 1.82) is 0 Å². The van der Waals surface area contributed by atoms with Gasteiger partial charge in [0.1, 0.15) is 0 Å². The highest BCUT2D eigenvalue weighted by molar-refractivity contribution is 7.96. The maximum Gasteiger partial charge on any atom is 0.150 e. The predicted octanol–water partition coefficient (Wildman–Crippen LogP) is 1.65. The third-order valence-electron chi connectivity index (χ3n) is 1.53. The molecule has 0 aromatic rings. The molecule has 1 fully saturated rings. The fourth-order valence-corrected chi connectivity index (χ4v) is 1.72. The first-order valence-electron chi connectivity index (χ1n) is 3.53. The molecule has 0 saturated carbocycles. The van der Waals surface area contributed by atoms with Crippen molar-refractivity contribution in [2.24, 2.45) is 5.92 Å². The second kappa shape index (κ2) is 3.39. The van der Waals surface area contributed by atoms with Gasteiger partial charge in [-0.15, -0.1) is 0 Å². The summed E-state index contributed by atoms with van der Waals surface area (Å²) in [6.07, 6.45) is 0.593.